The van der Waals surface area contributed by atoms with Gasteiger partial charge in [0.15, 0.2) is 0 Å². The van der Waals surface area contributed by atoms with Crippen LogP contribution in [-0.4, -0.2) is 40.0 Å². The number of nitrogens with one attached hydrogen (secondary N) is 4. The topological polar surface area (TPSA) is 110 Å². The average Bonchev–Trinajstić information content (AvgIpc) is 3.34. The van der Waals surface area contributed by atoms with Crippen molar-refractivity contribution in [2.24, 2.45) is 0 Å². The second-order valence-corrected chi connectivity index (χ2v) is 8.60. The number of fused-ring (bicyclic) bond motifs is 2. The van der Waals surface area contributed by atoms with Crippen LogP contribution in [0.3, 0.4) is 0 Å². The van der Waals surface area contributed by atoms with Crippen molar-refractivity contribution in [3.63, 3.8) is 0 Å². The summed E-state index contributed by atoms with van der Waals surface area (Å²) in [7, 11) is 0. The molecule has 0 unspecified atom stereocenters. The van der Waals surface area contributed by atoms with Gasteiger partial charge in [-0.2, -0.15) is 17.0 Å². The number of urea groups is 1. The molecule has 4 N–H and O–H groups in total. The van der Waals surface area contributed by atoms with Crippen LogP contribution in [0.15, 0.2) is 24.4 Å². The Hall–Kier alpha value is -2.66. The molecule has 28 heavy (non-hydrogen) atoms. The van der Waals surface area contributed by atoms with Gasteiger partial charge in [-0.25, -0.2) is 4.79 Å². The molecule has 2 aliphatic heterocycles. The first-order valence-corrected chi connectivity index (χ1v) is 10.6. The van der Waals surface area contributed by atoms with Crippen LogP contribution in [0.4, 0.5) is 10.5 Å². The van der Waals surface area contributed by atoms with Crippen LogP contribution < -0.4 is 16.0 Å². The summed E-state index contributed by atoms with van der Waals surface area (Å²) in [5.41, 5.74) is 2.66. The summed E-state index contributed by atoms with van der Waals surface area (Å²) in [6.45, 7) is 0. The van der Waals surface area contributed by atoms with Gasteiger partial charge in [0.2, 0.25) is 5.91 Å². The number of nitriles is 1. The largest absolute Gasteiger partial charge is 0.361 e. The highest BCUT2D eigenvalue weighted by Gasteiger charge is 2.42. The highest BCUT2D eigenvalue weighted by Crippen LogP contribution is 2.33. The monoisotopic (exact) mass is 397 g/mol. The highest BCUT2D eigenvalue weighted by atomic mass is 32.2. The summed E-state index contributed by atoms with van der Waals surface area (Å²) in [5.74, 6) is 0.966. The van der Waals surface area contributed by atoms with E-state index in [-0.39, 0.29) is 24.0 Å². The number of carbonyl (C=O) groups excluding carboxylic acids is 2. The zero-order chi connectivity index (χ0) is 19.5. The zero-order valence-electron chi connectivity index (χ0n) is 15.5. The van der Waals surface area contributed by atoms with E-state index >= 15 is 0 Å². The summed E-state index contributed by atoms with van der Waals surface area (Å²) in [6.07, 6.45) is 5.46. The number of H-pyrrole nitrogens is 1. The van der Waals surface area contributed by atoms with Crippen LogP contribution in [0.1, 0.15) is 31.2 Å². The Morgan fingerprint density at radius 1 is 1.32 bits per heavy atom. The molecule has 3 heterocycles. The van der Waals surface area contributed by atoms with Crippen molar-refractivity contribution >= 4 is 40.3 Å². The number of benzene rings is 1. The minimum Gasteiger partial charge on any atom is -0.361 e. The summed E-state index contributed by atoms with van der Waals surface area (Å²) in [6, 6.07) is 8.29. The third kappa shape index (κ3) is 3.94. The van der Waals surface area contributed by atoms with Gasteiger partial charge in [-0.15, -0.1) is 0 Å². The number of hydrogen-bond acceptors (Lipinski definition) is 4. The van der Waals surface area contributed by atoms with Gasteiger partial charge in [0.1, 0.15) is 0 Å². The lowest BCUT2D eigenvalue weighted by Gasteiger charge is -2.16. The van der Waals surface area contributed by atoms with Crippen molar-refractivity contribution in [3.05, 3.63) is 30.0 Å². The third-order valence-corrected chi connectivity index (χ3v) is 6.91. The smallest absolute Gasteiger partial charge is 0.315 e. The van der Waals surface area contributed by atoms with E-state index in [1.54, 1.807) is 0 Å². The lowest BCUT2D eigenvalue weighted by Crippen LogP contribution is -2.36. The predicted octanol–water partition coefficient (Wildman–Crippen LogP) is 2.90. The molecule has 2 aromatic rings. The fraction of sp³-hybridized carbons (Fsp3) is 0.450. The molecule has 2 aliphatic rings. The number of carbonyl (C=O) groups is 2. The van der Waals surface area contributed by atoms with Crippen LogP contribution >= 0.6 is 11.8 Å². The molecule has 146 valence electrons. The summed E-state index contributed by atoms with van der Waals surface area (Å²) >= 11 is 1.90. The first kappa shape index (κ1) is 18.7. The van der Waals surface area contributed by atoms with E-state index in [0.717, 1.165) is 47.2 Å². The molecule has 1 aromatic carbocycles. The number of nitrogens with zero attached hydrogens (tertiary/aromatic N) is 1. The van der Waals surface area contributed by atoms with Gasteiger partial charge in [0.25, 0.3) is 0 Å². The molecule has 8 heteroatoms. The molecule has 7 nitrogen and oxygen atoms in total. The van der Waals surface area contributed by atoms with Crippen molar-refractivity contribution < 1.29 is 9.59 Å². The molecule has 4 rings (SSSR count). The molecular weight excluding hydrogens is 374 g/mol. The van der Waals surface area contributed by atoms with Crippen LogP contribution in [0.25, 0.3) is 10.9 Å². The Labute approximate surface area is 167 Å². The number of aromatic amines is 1. The van der Waals surface area contributed by atoms with Gasteiger partial charge in [-0.05, 0) is 36.6 Å². The first-order valence-electron chi connectivity index (χ1n) is 9.59. The zero-order valence-corrected chi connectivity index (χ0v) is 16.3. The third-order valence-electron chi connectivity index (χ3n) is 5.40. The van der Waals surface area contributed by atoms with Crippen LogP contribution in [-0.2, 0) is 11.2 Å². The molecule has 0 radical (unpaired) electrons. The average molecular weight is 398 g/mol. The van der Waals surface area contributed by atoms with Crippen molar-refractivity contribution in [1.29, 1.82) is 5.26 Å². The van der Waals surface area contributed by atoms with Crippen molar-refractivity contribution in [3.8, 4) is 6.07 Å². The van der Waals surface area contributed by atoms with E-state index in [9.17, 15) is 9.59 Å². The van der Waals surface area contributed by atoms with Gasteiger partial charge < -0.3 is 20.9 Å². The lowest BCUT2D eigenvalue weighted by atomic mass is 10.0. The van der Waals surface area contributed by atoms with Crippen molar-refractivity contribution in [2.45, 2.75) is 49.4 Å². The van der Waals surface area contributed by atoms with E-state index in [1.807, 2.05) is 36.2 Å². The van der Waals surface area contributed by atoms with E-state index in [1.165, 1.54) is 0 Å². The molecule has 0 bridgehead atoms. The van der Waals surface area contributed by atoms with Crippen molar-refractivity contribution in [2.75, 3.05) is 11.1 Å². The Morgan fingerprint density at radius 3 is 3.07 bits per heavy atom. The maximum Gasteiger partial charge on any atom is 0.315 e. The maximum absolute atomic E-state index is 12.3. The molecule has 0 aliphatic carbocycles. The van der Waals surface area contributed by atoms with Crippen LogP contribution in [0.2, 0.25) is 0 Å². The first-order chi connectivity index (χ1) is 13.6. The van der Waals surface area contributed by atoms with Crippen LogP contribution in [0, 0.1) is 11.3 Å². The number of amides is 3. The fourth-order valence-corrected chi connectivity index (χ4v) is 5.53. The lowest BCUT2D eigenvalue weighted by molar-refractivity contribution is -0.116. The molecule has 0 spiro atoms. The maximum atomic E-state index is 12.3. The SMILES string of the molecule is N#CCc1c[nH]c2ccc(NC(=O)CCCC[C@@H]3SC[C@@H]4NC(=O)N[C@@H]43)cc12. The number of thioether (sulfide) groups is 1. The molecule has 3 amide bonds. The molecule has 3 atom stereocenters. The normalized spacial score (nSPS) is 23.1. The van der Waals surface area contributed by atoms with E-state index in [4.69, 9.17) is 5.26 Å². The molecule has 0 saturated carbocycles. The minimum atomic E-state index is -0.0583. The Balaban J connectivity index is 1.24. The summed E-state index contributed by atoms with van der Waals surface area (Å²) in [5, 5.41) is 19.2. The van der Waals surface area contributed by atoms with Gasteiger partial charge in [-0.1, -0.05) is 6.42 Å². The van der Waals surface area contributed by atoms with Gasteiger partial charge in [0.05, 0.1) is 24.6 Å². The Morgan fingerprint density at radius 2 is 2.21 bits per heavy atom. The molecule has 2 fully saturated rings. The van der Waals surface area contributed by atoms with E-state index in [0.29, 0.717) is 18.1 Å². The van der Waals surface area contributed by atoms with E-state index in [2.05, 4.69) is 27.0 Å². The van der Waals surface area contributed by atoms with Gasteiger partial charge in [0, 0.05) is 40.2 Å². The molecule has 1 aromatic heterocycles. The number of rotatable bonds is 7. The molecular formula is C20H23N5O2S. The number of anilines is 1. The summed E-state index contributed by atoms with van der Waals surface area (Å²) in [4.78, 5) is 26.8. The highest BCUT2D eigenvalue weighted by molar-refractivity contribution is 8.00. The second kappa shape index (κ2) is 8.15. The Kier molecular flexibility index (Phi) is 5.44. The standard InChI is InChI=1S/C20H23N5O2S/c21-8-7-12-10-22-15-6-5-13(9-14(12)15)23-18(26)4-2-1-3-17-19-16(11-28-17)24-20(27)25-19/h5-6,9-10,16-17,19,22H,1-4,7,11H2,(H,23,26)(H2,24,25,27)/t16-,17-,19-/m0/s1. The summed E-state index contributed by atoms with van der Waals surface area (Å²) < 4.78 is 0. The van der Waals surface area contributed by atoms with Crippen LogP contribution in [0.5, 0.6) is 0 Å². The van der Waals surface area contributed by atoms with E-state index < -0.39 is 0 Å². The Bertz CT molecular complexity index is 934. The number of aromatic nitrogens is 1. The van der Waals surface area contributed by atoms with Gasteiger partial charge >= 0.3 is 6.03 Å². The predicted molar refractivity (Wildman–Crippen MR) is 110 cm³/mol. The fourth-order valence-electron chi connectivity index (χ4n) is 3.99. The van der Waals surface area contributed by atoms with Crippen molar-refractivity contribution in [1.82, 2.24) is 15.6 Å². The number of hydrogen-bond donors (Lipinski definition) is 4. The molecule has 2 saturated heterocycles. The quantitative estimate of drug-likeness (QED) is 0.425. The van der Waals surface area contributed by atoms with Gasteiger partial charge in [-0.3, -0.25) is 4.79 Å². The number of unbranched alkanes of at least 4 members (excludes halogenated alkanes) is 1. The second-order valence-electron chi connectivity index (χ2n) is 7.32. The minimum absolute atomic E-state index is 0.00417.